The molecule has 2 rings (SSSR count). The van der Waals surface area contributed by atoms with Gasteiger partial charge in [-0.15, -0.1) is 0 Å². The van der Waals surface area contributed by atoms with Crippen molar-refractivity contribution < 1.29 is 24.2 Å². The summed E-state index contributed by atoms with van der Waals surface area (Å²) >= 11 is 0. The number of hydrogen-bond donors (Lipinski definition) is 3. The number of ether oxygens (including phenoxy) is 1. The van der Waals surface area contributed by atoms with E-state index in [4.69, 9.17) is 9.84 Å². The van der Waals surface area contributed by atoms with Gasteiger partial charge in [0.2, 0.25) is 11.8 Å². The van der Waals surface area contributed by atoms with Crippen LogP contribution >= 0.6 is 0 Å². The van der Waals surface area contributed by atoms with Gasteiger partial charge < -0.3 is 20.5 Å². The molecule has 0 fully saturated rings. The van der Waals surface area contributed by atoms with Gasteiger partial charge in [0.1, 0.15) is 5.75 Å². The third-order valence-corrected chi connectivity index (χ3v) is 4.10. The van der Waals surface area contributed by atoms with Gasteiger partial charge in [-0.2, -0.15) is 0 Å². The molecule has 136 valence electrons. The lowest BCUT2D eigenvalue weighted by atomic mass is 9.94. The van der Waals surface area contributed by atoms with Gasteiger partial charge in [-0.05, 0) is 50.5 Å². The highest BCUT2D eigenvalue weighted by atomic mass is 16.5. The molecule has 0 unspecified atom stereocenters. The van der Waals surface area contributed by atoms with Crippen molar-refractivity contribution in [1.29, 1.82) is 0 Å². The number of carbonyl (C=O) groups excluding carboxylic acids is 2. The molecule has 0 spiro atoms. The van der Waals surface area contributed by atoms with Gasteiger partial charge >= 0.3 is 5.97 Å². The minimum atomic E-state index is -0.981. The molecule has 0 saturated heterocycles. The summed E-state index contributed by atoms with van der Waals surface area (Å²) in [6, 6.07) is 5.52. The third kappa shape index (κ3) is 5.48. The monoisotopic (exact) mass is 348 g/mol. The van der Waals surface area contributed by atoms with Gasteiger partial charge in [0.25, 0.3) is 0 Å². The summed E-state index contributed by atoms with van der Waals surface area (Å²) in [6.45, 7) is 3.62. The first-order valence-electron chi connectivity index (χ1n) is 8.33. The number of aryl methyl sites for hydroxylation is 1. The maximum Gasteiger partial charge on any atom is 0.310 e. The molecule has 0 aromatic heterocycles. The van der Waals surface area contributed by atoms with Crippen LogP contribution in [0.1, 0.15) is 38.7 Å². The molecule has 1 aromatic carbocycles. The number of carbonyl (C=O) groups is 3. The van der Waals surface area contributed by atoms with Crippen molar-refractivity contribution in [2.45, 2.75) is 39.5 Å². The molecule has 7 nitrogen and oxygen atoms in total. The first-order valence-corrected chi connectivity index (χ1v) is 8.33. The van der Waals surface area contributed by atoms with Gasteiger partial charge in [-0.25, -0.2) is 0 Å². The van der Waals surface area contributed by atoms with Crippen molar-refractivity contribution in [2.24, 2.45) is 5.41 Å². The fourth-order valence-corrected chi connectivity index (χ4v) is 2.36. The number of benzene rings is 1. The van der Waals surface area contributed by atoms with E-state index < -0.39 is 11.4 Å². The number of amides is 2. The SMILES string of the molecule is CC(C)(CNC(=O)CCCOc1ccc2c(c1)CCC(=O)N2)C(=O)O. The molecule has 0 bridgehead atoms. The maximum atomic E-state index is 11.7. The van der Waals surface area contributed by atoms with Crippen LogP contribution in [0.2, 0.25) is 0 Å². The zero-order valence-corrected chi connectivity index (χ0v) is 14.6. The summed E-state index contributed by atoms with van der Waals surface area (Å²) in [5.74, 6) is -0.397. The summed E-state index contributed by atoms with van der Waals surface area (Å²) in [4.78, 5) is 34.0. The summed E-state index contributed by atoms with van der Waals surface area (Å²) in [7, 11) is 0. The van der Waals surface area contributed by atoms with E-state index in [-0.39, 0.29) is 24.8 Å². The average Bonchev–Trinajstić information content (AvgIpc) is 2.57. The van der Waals surface area contributed by atoms with Gasteiger partial charge in [0, 0.05) is 25.1 Å². The molecule has 1 aromatic rings. The van der Waals surface area contributed by atoms with Crippen LogP contribution < -0.4 is 15.4 Å². The summed E-state index contributed by atoms with van der Waals surface area (Å²) < 4.78 is 5.65. The Balaban J connectivity index is 1.70. The van der Waals surface area contributed by atoms with Crippen molar-refractivity contribution in [1.82, 2.24) is 5.32 Å². The molecule has 0 atom stereocenters. The van der Waals surface area contributed by atoms with Crippen LogP contribution in [0.3, 0.4) is 0 Å². The lowest BCUT2D eigenvalue weighted by Gasteiger charge is -2.19. The van der Waals surface area contributed by atoms with Crippen molar-refractivity contribution in [3.05, 3.63) is 23.8 Å². The number of carboxylic acids is 1. The van der Waals surface area contributed by atoms with Crippen LogP contribution in [0.4, 0.5) is 5.69 Å². The van der Waals surface area contributed by atoms with Gasteiger partial charge in [0.15, 0.2) is 0 Å². The number of aliphatic carboxylic acids is 1. The second-order valence-electron chi connectivity index (χ2n) is 6.78. The maximum absolute atomic E-state index is 11.7. The Labute approximate surface area is 146 Å². The molecule has 25 heavy (non-hydrogen) atoms. The van der Waals surface area contributed by atoms with Crippen LogP contribution in [0.5, 0.6) is 5.75 Å². The second-order valence-corrected chi connectivity index (χ2v) is 6.78. The Morgan fingerprint density at radius 2 is 2.08 bits per heavy atom. The number of nitrogens with one attached hydrogen (secondary N) is 2. The van der Waals surface area contributed by atoms with Crippen LogP contribution in [-0.2, 0) is 20.8 Å². The van der Waals surface area contributed by atoms with Crippen LogP contribution in [0.25, 0.3) is 0 Å². The lowest BCUT2D eigenvalue weighted by Crippen LogP contribution is -2.38. The van der Waals surface area contributed by atoms with Gasteiger partial charge in [-0.3, -0.25) is 14.4 Å². The van der Waals surface area contributed by atoms with E-state index in [1.165, 1.54) is 0 Å². The molecule has 1 aliphatic heterocycles. The Morgan fingerprint density at radius 1 is 1.32 bits per heavy atom. The highest BCUT2D eigenvalue weighted by Gasteiger charge is 2.27. The Morgan fingerprint density at radius 3 is 2.80 bits per heavy atom. The van der Waals surface area contributed by atoms with Crippen LogP contribution in [0, 0.1) is 5.41 Å². The Kier molecular flexibility index (Phi) is 6.01. The minimum Gasteiger partial charge on any atom is -0.494 e. The summed E-state index contributed by atoms with van der Waals surface area (Å²) in [6.07, 6.45) is 1.98. The first-order chi connectivity index (χ1) is 11.8. The molecule has 2 amide bonds. The zero-order chi connectivity index (χ0) is 18.4. The van der Waals surface area contributed by atoms with E-state index in [2.05, 4.69) is 10.6 Å². The topological polar surface area (TPSA) is 105 Å². The van der Waals surface area contributed by atoms with E-state index in [0.29, 0.717) is 31.6 Å². The van der Waals surface area contributed by atoms with Crippen molar-refractivity contribution in [3.63, 3.8) is 0 Å². The molecule has 0 aliphatic carbocycles. The highest BCUT2D eigenvalue weighted by Crippen LogP contribution is 2.26. The number of fused-ring (bicyclic) bond motifs is 1. The summed E-state index contributed by atoms with van der Waals surface area (Å²) in [5.41, 5.74) is 0.889. The van der Waals surface area contributed by atoms with Crippen molar-refractivity contribution in [3.8, 4) is 5.75 Å². The lowest BCUT2D eigenvalue weighted by molar-refractivity contribution is -0.146. The number of anilines is 1. The fraction of sp³-hybridized carbons (Fsp3) is 0.500. The number of rotatable bonds is 8. The fourth-order valence-electron chi connectivity index (χ4n) is 2.36. The smallest absolute Gasteiger partial charge is 0.310 e. The first kappa shape index (κ1) is 18.8. The Hall–Kier alpha value is -2.57. The molecule has 1 aliphatic rings. The second kappa shape index (κ2) is 8.00. The van der Waals surface area contributed by atoms with E-state index in [1.54, 1.807) is 19.9 Å². The largest absolute Gasteiger partial charge is 0.494 e. The van der Waals surface area contributed by atoms with Gasteiger partial charge in [0.05, 0.1) is 12.0 Å². The quantitative estimate of drug-likeness (QED) is 0.623. The van der Waals surface area contributed by atoms with E-state index in [0.717, 1.165) is 11.3 Å². The third-order valence-electron chi connectivity index (χ3n) is 4.10. The molecule has 0 radical (unpaired) electrons. The van der Waals surface area contributed by atoms with Crippen LogP contribution in [0.15, 0.2) is 18.2 Å². The molecular formula is C18H24N2O5. The summed E-state index contributed by atoms with van der Waals surface area (Å²) in [5, 5.41) is 14.4. The molecule has 3 N–H and O–H groups in total. The predicted molar refractivity (Wildman–Crippen MR) is 92.5 cm³/mol. The van der Waals surface area contributed by atoms with E-state index >= 15 is 0 Å². The Bertz CT molecular complexity index is 669. The molecular weight excluding hydrogens is 324 g/mol. The molecule has 1 heterocycles. The number of hydrogen-bond acceptors (Lipinski definition) is 4. The average molecular weight is 348 g/mol. The van der Waals surface area contributed by atoms with E-state index in [9.17, 15) is 14.4 Å². The van der Waals surface area contributed by atoms with Crippen molar-refractivity contribution >= 4 is 23.5 Å². The minimum absolute atomic E-state index is 0.0262. The van der Waals surface area contributed by atoms with Crippen LogP contribution in [-0.4, -0.2) is 36.0 Å². The van der Waals surface area contributed by atoms with Crippen molar-refractivity contribution in [2.75, 3.05) is 18.5 Å². The zero-order valence-electron chi connectivity index (χ0n) is 14.6. The highest BCUT2D eigenvalue weighted by molar-refractivity contribution is 5.94. The predicted octanol–water partition coefficient (Wildman–Crippen LogP) is 1.96. The normalized spacial score (nSPS) is 13.6. The molecule has 0 saturated carbocycles. The van der Waals surface area contributed by atoms with E-state index in [1.807, 2.05) is 12.1 Å². The number of carboxylic acid groups (broad SMARTS) is 1. The van der Waals surface area contributed by atoms with Gasteiger partial charge in [-0.1, -0.05) is 0 Å². The standard InChI is InChI=1S/C18H24N2O5/c1-18(2,17(23)24)11-19-15(21)4-3-9-25-13-6-7-14-12(10-13)5-8-16(22)20-14/h6-7,10H,3-5,8-9,11H2,1-2H3,(H,19,21)(H,20,22)(H,23,24). The molecule has 7 heteroatoms.